The number of nitrogens with one attached hydrogen (secondary N) is 2. The summed E-state index contributed by atoms with van der Waals surface area (Å²) >= 11 is 0. The van der Waals surface area contributed by atoms with Crippen LogP contribution in [0.2, 0.25) is 0 Å². The quantitative estimate of drug-likeness (QED) is 0.827. The van der Waals surface area contributed by atoms with Crippen LogP contribution in [0.4, 0.5) is 10.3 Å². The van der Waals surface area contributed by atoms with Gasteiger partial charge in [-0.3, -0.25) is 5.32 Å². The molecule has 0 atom stereocenters. The van der Waals surface area contributed by atoms with Gasteiger partial charge in [0.1, 0.15) is 12.0 Å². The maximum Gasteiger partial charge on any atom is 0.452 e. The molecule has 0 saturated carbocycles. The molecule has 2 rings (SSSR count). The van der Waals surface area contributed by atoms with Gasteiger partial charge in [-0.15, -0.1) is 0 Å². The van der Waals surface area contributed by atoms with Gasteiger partial charge in [-0.25, -0.2) is 9.49 Å². The van der Waals surface area contributed by atoms with E-state index >= 15 is 0 Å². The van der Waals surface area contributed by atoms with E-state index in [4.69, 9.17) is 0 Å². The minimum absolute atomic E-state index is 0.206. The lowest BCUT2D eigenvalue weighted by Gasteiger charge is -2.23. The minimum Gasteiger partial charge on any atom is -0.269 e. The van der Waals surface area contributed by atoms with Gasteiger partial charge >= 0.3 is 5.95 Å². The highest BCUT2D eigenvalue weighted by molar-refractivity contribution is 5.28. The van der Waals surface area contributed by atoms with E-state index in [9.17, 15) is 9.30 Å². The van der Waals surface area contributed by atoms with E-state index in [0.717, 1.165) is 5.56 Å². The average Bonchev–Trinajstić information content (AvgIpc) is 2.38. The Hall–Kier alpha value is -2.24. The van der Waals surface area contributed by atoms with Crippen LogP contribution in [0.3, 0.4) is 0 Å². The lowest BCUT2D eigenvalue weighted by Crippen LogP contribution is -2.33. The van der Waals surface area contributed by atoms with E-state index in [0.29, 0.717) is 11.1 Å². The van der Waals surface area contributed by atoms with Crippen molar-refractivity contribution >= 4 is 5.95 Å². The Morgan fingerprint density at radius 1 is 1.37 bits per heavy atom. The summed E-state index contributed by atoms with van der Waals surface area (Å²) in [5, 5.41) is 5.45. The number of nitrogens with zero attached hydrogens (tertiary/aromatic N) is 2. The van der Waals surface area contributed by atoms with E-state index in [2.05, 4.69) is 15.4 Å². The fourth-order valence-electron chi connectivity index (χ4n) is 1.74. The number of hydrogen-bond donors (Lipinski definition) is 2. The second-order valence-corrected chi connectivity index (χ2v) is 4.94. The Bertz CT molecular complexity index is 607. The van der Waals surface area contributed by atoms with E-state index in [-0.39, 0.29) is 17.2 Å². The number of halogens is 1. The van der Waals surface area contributed by atoms with Gasteiger partial charge in [0.15, 0.2) is 0 Å². The highest BCUT2D eigenvalue weighted by Gasteiger charge is 2.23. The van der Waals surface area contributed by atoms with E-state index in [1.165, 1.54) is 24.5 Å². The molecule has 6 heteroatoms. The highest BCUT2D eigenvalue weighted by Crippen LogP contribution is 2.23. The summed E-state index contributed by atoms with van der Waals surface area (Å²) in [7, 11) is 0. The molecule has 19 heavy (non-hydrogen) atoms. The third-order valence-electron chi connectivity index (χ3n) is 2.97. The molecule has 1 aromatic carbocycles. The van der Waals surface area contributed by atoms with Gasteiger partial charge < -0.3 is 0 Å². The van der Waals surface area contributed by atoms with Crippen LogP contribution in [-0.2, 0) is 5.41 Å². The number of H-pyrrole nitrogens is 1. The van der Waals surface area contributed by atoms with Crippen molar-refractivity contribution in [3.05, 3.63) is 52.9 Å². The maximum absolute atomic E-state index is 12.9. The minimum atomic E-state index is -0.260. The summed E-state index contributed by atoms with van der Waals surface area (Å²) in [4.78, 5) is 15.3. The lowest BCUT2D eigenvalue weighted by molar-refractivity contribution is -0.552. The van der Waals surface area contributed by atoms with Crippen LogP contribution in [-0.4, -0.2) is 16.6 Å². The molecule has 0 radical (unpaired) electrons. The number of rotatable bonds is 4. The first kappa shape index (κ1) is 13.2. The molecule has 0 amide bonds. The van der Waals surface area contributed by atoms with Gasteiger partial charge in [0, 0.05) is 5.41 Å². The topological polar surface area (TPSA) is 63.7 Å². The van der Waals surface area contributed by atoms with Crippen molar-refractivity contribution in [2.75, 3.05) is 11.9 Å². The summed E-state index contributed by atoms with van der Waals surface area (Å²) in [6.45, 7) is 4.52. The molecule has 100 valence electrons. The van der Waals surface area contributed by atoms with Crippen molar-refractivity contribution < 1.29 is 8.93 Å². The fraction of sp³-hybridized carbons (Fsp3) is 0.308. The molecular weight excluding hydrogens is 247 g/mol. The molecule has 5 nitrogen and oxygen atoms in total. The van der Waals surface area contributed by atoms with Gasteiger partial charge in [-0.2, -0.15) is 0 Å². The molecule has 0 aliphatic rings. The maximum atomic E-state index is 12.9. The Morgan fingerprint density at radius 2 is 2.05 bits per heavy atom. The van der Waals surface area contributed by atoms with Crippen LogP contribution < -0.4 is 9.86 Å². The van der Waals surface area contributed by atoms with Crippen molar-refractivity contribution in [1.29, 1.82) is 0 Å². The average molecular weight is 263 g/mol. The molecule has 0 aliphatic heterocycles. The molecule has 1 aromatic heterocycles. The predicted octanol–water partition coefficient (Wildman–Crippen LogP) is 1.85. The molecule has 0 spiro atoms. The molecule has 0 bridgehead atoms. The van der Waals surface area contributed by atoms with Crippen molar-refractivity contribution in [3.8, 4) is 0 Å². The Balaban J connectivity index is 2.11. The number of aromatic nitrogens is 3. The van der Waals surface area contributed by atoms with Gasteiger partial charge in [-0.1, -0.05) is 35.9 Å². The first-order chi connectivity index (χ1) is 8.99. The van der Waals surface area contributed by atoms with Crippen molar-refractivity contribution in [1.82, 2.24) is 10.1 Å². The monoisotopic (exact) mass is 263 g/mol. The highest BCUT2D eigenvalue weighted by atomic mass is 19.1. The second-order valence-electron chi connectivity index (χ2n) is 4.94. The zero-order chi connectivity index (χ0) is 13.9. The van der Waals surface area contributed by atoms with Crippen LogP contribution in [0.25, 0.3) is 0 Å². The first-order valence-electron chi connectivity index (χ1n) is 5.95. The van der Waals surface area contributed by atoms with Crippen LogP contribution >= 0.6 is 0 Å². The first-order valence-corrected chi connectivity index (χ1v) is 5.95. The Labute approximate surface area is 110 Å². The molecule has 0 fully saturated rings. The summed E-state index contributed by atoms with van der Waals surface area (Å²) in [6.07, 6.45) is 2.95. The standard InChI is InChI=1S/C13H16FN4O/c1-13(2,10-3-5-11(14)6-4-10)9-16-12-15-7-8-17-18(12)19/h3-8H,9H2,1-2H3,(H,15,16)(H,17,19)/q+1. The molecule has 0 saturated heterocycles. The third-order valence-corrected chi connectivity index (χ3v) is 2.97. The smallest absolute Gasteiger partial charge is 0.269 e. The third kappa shape index (κ3) is 3.15. The summed E-state index contributed by atoms with van der Waals surface area (Å²) in [5.74, 6) is -0.0538. The summed E-state index contributed by atoms with van der Waals surface area (Å²) in [6, 6.07) is 6.35. The zero-order valence-electron chi connectivity index (χ0n) is 10.9. The number of hydrogen-bond acceptors (Lipinski definition) is 3. The second kappa shape index (κ2) is 5.17. The zero-order valence-corrected chi connectivity index (χ0v) is 10.9. The van der Waals surface area contributed by atoms with E-state index in [1.54, 1.807) is 12.1 Å². The van der Waals surface area contributed by atoms with Gasteiger partial charge in [-0.05, 0) is 17.7 Å². The normalized spacial score (nSPS) is 11.3. The van der Waals surface area contributed by atoms with Crippen LogP contribution in [0, 0.1) is 10.7 Å². The number of anilines is 1. The van der Waals surface area contributed by atoms with Crippen LogP contribution in [0.15, 0.2) is 36.7 Å². The van der Waals surface area contributed by atoms with Gasteiger partial charge in [0.05, 0.1) is 17.3 Å². The van der Waals surface area contributed by atoms with Gasteiger partial charge in [0.2, 0.25) is 0 Å². The van der Waals surface area contributed by atoms with Crippen molar-refractivity contribution in [3.63, 3.8) is 0 Å². The molecule has 2 N–H and O–H groups in total. The number of benzene rings is 1. The Kier molecular flexibility index (Phi) is 3.59. The SMILES string of the molecule is CC(C)(CNc1ncc[nH][n+]1=O)c1ccc(F)cc1. The van der Waals surface area contributed by atoms with E-state index < -0.39 is 0 Å². The summed E-state index contributed by atoms with van der Waals surface area (Å²) in [5.41, 5.74) is 0.733. The summed E-state index contributed by atoms with van der Waals surface area (Å²) < 4.78 is 13.5. The predicted molar refractivity (Wildman–Crippen MR) is 69.9 cm³/mol. The molecule has 1 heterocycles. The lowest BCUT2D eigenvalue weighted by atomic mass is 9.84. The van der Waals surface area contributed by atoms with Crippen LogP contribution in [0.5, 0.6) is 0 Å². The Morgan fingerprint density at radius 3 is 2.68 bits per heavy atom. The fourth-order valence-corrected chi connectivity index (χ4v) is 1.74. The number of aromatic amines is 1. The van der Waals surface area contributed by atoms with Crippen molar-refractivity contribution in [2.45, 2.75) is 19.3 Å². The van der Waals surface area contributed by atoms with E-state index in [1.807, 2.05) is 13.8 Å². The molecular formula is C13H16FN4O+. The molecule has 2 aromatic rings. The van der Waals surface area contributed by atoms with Crippen LogP contribution in [0.1, 0.15) is 19.4 Å². The molecule has 0 aliphatic carbocycles. The molecule has 0 unspecified atom stereocenters. The van der Waals surface area contributed by atoms with Crippen molar-refractivity contribution in [2.24, 2.45) is 0 Å². The van der Waals surface area contributed by atoms with Gasteiger partial charge in [0.25, 0.3) is 0 Å². The largest absolute Gasteiger partial charge is 0.452 e.